The molecule has 1 unspecified atom stereocenters. The minimum absolute atomic E-state index is 0. The fraction of sp³-hybridized carbons (Fsp3) is 1.00. The zero-order chi connectivity index (χ0) is 9.03. The van der Waals surface area contributed by atoms with Crippen molar-refractivity contribution in [2.24, 2.45) is 0 Å². The summed E-state index contributed by atoms with van der Waals surface area (Å²) in [7, 11) is -4.56. The van der Waals surface area contributed by atoms with Crippen molar-refractivity contribution in [2.75, 3.05) is 12.4 Å². The quantitative estimate of drug-likeness (QED) is 0.229. The molecule has 0 saturated carbocycles. The van der Waals surface area contributed by atoms with Crippen molar-refractivity contribution >= 4 is 22.4 Å². The smallest absolute Gasteiger partial charge is 0.725 e. The summed E-state index contributed by atoms with van der Waals surface area (Å²) in [6, 6.07) is 0. The van der Waals surface area contributed by atoms with Crippen molar-refractivity contribution in [1.82, 2.24) is 0 Å². The van der Waals surface area contributed by atoms with E-state index in [2.05, 4.69) is 3.63 Å². The van der Waals surface area contributed by atoms with Crippen molar-refractivity contribution in [3.63, 3.8) is 0 Å². The molecule has 1 aliphatic rings. The zero-order valence-corrected chi connectivity index (χ0v) is 10.9. The van der Waals surface area contributed by atoms with E-state index in [0.29, 0.717) is 24.4 Å². The second kappa shape index (κ2) is 6.62. The Balaban J connectivity index is 0.00000144. The third-order valence-corrected chi connectivity index (χ3v) is 2.97. The number of ether oxygens (including phenoxy) is 1. The maximum atomic E-state index is 9.97. The van der Waals surface area contributed by atoms with Crippen LogP contribution in [0.4, 0.5) is 0 Å². The first kappa shape index (κ1) is 14.2. The standard InChI is InChI=1S/C5H10O5S2.Na/c6-12(7,8)10-11-4-5-2-1-3-9-5;/h5H,1-4H2,(H,6,7,8);/q;+1/p-1. The first-order valence-corrected chi connectivity index (χ1v) is 5.71. The van der Waals surface area contributed by atoms with E-state index in [9.17, 15) is 13.0 Å². The van der Waals surface area contributed by atoms with Crippen LogP contribution in [0.2, 0.25) is 0 Å². The van der Waals surface area contributed by atoms with E-state index in [0.717, 1.165) is 12.8 Å². The van der Waals surface area contributed by atoms with Crippen molar-refractivity contribution in [3.05, 3.63) is 0 Å². The molecule has 8 heteroatoms. The Morgan fingerprint density at radius 3 is 2.77 bits per heavy atom. The predicted molar refractivity (Wildman–Crippen MR) is 42.2 cm³/mol. The van der Waals surface area contributed by atoms with E-state index >= 15 is 0 Å². The molecule has 1 heterocycles. The van der Waals surface area contributed by atoms with Gasteiger partial charge in [0.1, 0.15) is 0 Å². The van der Waals surface area contributed by atoms with Crippen LogP contribution in [0.1, 0.15) is 12.8 Å². The maximum Gasteiger partial charge on any atom is 1.00 e. The van der Waals surface area contributed by atoms with Gasteiger partial charge in [-0.25, -0.2) is 12.0 Å². The molecule has 1 saturated heterocycles. The summed E-state index contributed by atoms with van der Waals surface area (Å²) >= 11 is 0.632. The minimum atomic E-state index is -4.56. The fourth-order valence-electron chi connectivity index (χ4n) is 0.938. The summed E-state index contributed by atoms with van der Waals surface area (Å²) in [5.41, 5.74) is 0. The Morgan fingerprint density at radius 1 is 1.62 bits per heavy atom. The number of rotatable bonds is 4. The Hall–Kier alpha value is 1.18. The molecule has 0 amide bonds. The van der Waals surface area contributed by atoms with Gasteiger partial charge in [-0.05, 0) is 12.8 Å². The molecule has 0 bridgehead atoms. The molecule has 1 fully saturated rings. The van der Waals surface area contributed by atoms with E-state index in [-0.39, 0.29) is 35.7 Å². The monoisotopic (exact) mass is 236 g/mol. The van der Waals surface area contributed by atoms with Crippen molar-refractivity contribution < 1.29 is 50.9 Å². The second-order valence-electron chi connectivity index (χ2n) is 2.40. The van der Waals surface area contributed by atoms with E-state index < -0.39 is 10.4 Å². The summed E-state index contributed by atoms with van der Waals surface area (Å²) < 4.78 is 39.0. The van der Waals surface area contributed by atoms with E-state index in [1.165, 1.54) is 0 Å². The van der Waals surface area contributed by atoms with Crippen LogP contribution >= 0.6 is 12.0 Å². The zero-order valence-electron chi connectivity index (χ0n) is 7.26. The largest absolute Gasteiger partial charge is 1.00 e. The Kier molecular flexibility index (Phi) is 7.23. The van der Waals surface area contributed by atoms with Gasteiger partial charge in [0.2, 0.25) is 10.4 Å². The van der Waals surface area contributed by atoms with Gasteiger partial charge in [-0.2, -0.15) is 0 Å². The van der Waals surface area contributed by atoms with Crippen LogP contribution in [0.15, 0.2) is 0 Å². The van der Waals surface area contributed by atoms with Gasteiger partial charge in [0.05, 0.1) is 6.10 Å². The molecule has 0 spiro atoms. The molecule has 0 N–H and O–H groups in total. The molecular weight excluding hydrogens is 227 g/mol. The number of hydrogen-bond donors (Lipinski definition) is 0. The van der Waals surface area contributed by atoms with Gasteiger partial charge in [0.25, 0.3) is 0 Å². The summed E-state index contributed by atoms with van der Waals surface area (Å²) in [6.45, 7) is 0.704. The summed E-state index contributed by atoms with van der Waals surface area (Å²) in [6.07, 6.45) is 1.90. The van der Waals surface area contributed by atoms with Crippen molar-refractivity contribution in [3.8, 4) is 0 Å². The van der Waals surface area contributed by atoms with Crippen molar-refractivity contribution in [2.45, 2.75) is 18.9 Å². The van der Waals surface area contributed by atoms with Crippen LogP contribution in [0, 0.1) is 0 Å². The van der Waals surface area contributed by atoms with Gasteiger partial charge >= 0.3 is 29.6 Å². The average Bonchev–Trinajstić information content (AvgIpc) is 2.36. The summed E-state index contributed by atoms with van der Waals surface area (Å²) in [5, 5.41) is 0. The Bertz CT molecular complexity index is 223. The van der Waals surface area contributed by atoms with Gasteiger partial charge < -0.3 is 9.29 Å². The fourth-order valence-corrected chi connectivity index (χ4v) is 2.05. The van der Waals surface area contributed by atoms with Crippen LogP contribution in [-0.4, -0.2) is 31.4 Å². The Morgan fingerprint density at radius 2 is 2.31 bits per heavy atom. The van der Waals surface area contributed by atoms with E-state index in [4.69, 9.17) is 4.74 Å². The maximum absolute atomic E-state index is 9.97. The van der Waals surface area contributed by atoms with Crippen LogP contribution in [0.3, 0.4) is 0 Å². The molecule has 1 atom stereocenters. The molecule has 5 nitrogen and oxygen atoms in total. The SMILES string of the molecule is O=S(=O)([O-])OSCC1CCCO1.[Na+]. The van der Waals surface area contributed by atoms with E-state index in [1.54, 1.807) is 0 Å². The molecular formula is C5H9NaO5S2. The summed E-state index contributed by atoms with van der Waals surface area (Å²) in [4.78, 5) is 0. The van der Waals surface area contributed by atoms with Gasteiger partial charge in [-0.15, -0.1) is 0 Å². The number of hydrogen-bond acceptors (Lipinski definition) is 6. The van der Waals surface area contributed by atoms with E-state index in [1.807, 2.05) is 0 Å². The van der Waals surface area contributed by atoms with Crippen LogP contribution in [0.5, 0.6) is 0 Å². The van der Waals surface area contributed by atoms with Crippen LogP contribution in [-0.2, 0) is 18.8 Å². The first-order chi connectivity index (χ1) is 5.58. The van der Waals surface area contributed by atoms with Crippen LogP contribution < -0.4 is 29.6 Å². The molecule has 0 radical (unpaired) electrons. The molecule has 0 aromatic heterocycles. The average molecular weight is 236 g/mol. The van der Waals surface area contributed by atoms with Crippen molar-refractivity contribution in [1.29, 1.82) is 0 Å². The van der Waals surface area contributed by atoms with Gasteiger partial charge in [-0.3, -0.25) is 0 Å². The molecule has 1 aliphatic heterocycles. The Labute approximate surface area is 104 Å². The normalized spacial score (nSPS) is 22.7. The van der Waals surface area contributed by atoms with Gasteiger partial charge in [-0.1, -0.05) is 0 Å². The van der Waals surface area contributed by atoms with Crippen LogP contribution in [0.25, 0.3) is 0 Å². The second-order valence-corrected chi connectivity index (χ2v) is 4.33. The molecule has 13 heavy (non-hydrogen) atoms. The third kappa shape index (κ3) is 7.15. The predicted octanol–water partition coefficient (Wildman–Crippen LogP) is -2.71. The summed E-state index contributed by atoms with van der Waals surface area (Å²) in [5.74, 6) is 0.390. The third-order valence-electron chi connectivity index (χ3n) is 1.41. The minimum Gasteiger partial charge on any atom is -0.725 e. The molecule has 1 rings (SSSR count). The van der Waals surface area contributed by atoms with Gasteiger partial charge in [0, 0.05) is 24.4 Å². The molecule has 0 aliphatic carbocycles. The van der Waals surface area contributed by atoms with Gasteiger partial charge in [0.15, 0.2) is 0 Å². The first-order valence-electron chi connectivity index (χ1n) is 3.46. The molecule has 0 aromatic rings. The molecule has 72 valence electrons. The molecule has 0 aromatic carbocycles. The topological polar surface area (TPSA) is 75.7 Å².